The molecule has 1 atom stereocenters. The largest absolute Gasteiger partial charge is 0.378 e. The third-order valence-corrected chi connectivity index (χ3v) is 3.72. The monoisotopic (exact) mass is 258 g/mol. The van der Waals surface area contributed by atoms with E-state index in [4.69, 9.17) is 0 Å². The van der Waals surface area contributed by atoms with E-state index in [2.05, 4.69) is 48.4 Å². The summed E-state index contributed by atoms with van der Waals surface area (Å²) in [6.07, 6.45) is 3.67. The van der Waals surface area contributed by atoms with Gasteiger partial charge in [-0.15, -0.1) is 11.8 Å². The van der Waals surface area contributed by atoms with Gasteiger partial charge in [0.2, 0.25) is 0 Å². The Hall–Kier alpha value is -1.48. The zero-order chi connectivity index (χ0) is 12.8. The van der Waals surface area contributed by atoms with Crippen LogP contribution in [0.1, 0.15) is 25.5 Å². The van der Waals surface area contributed by atoms with Crippen molar-refractivity contribution in [1.82, 2.24) is 4.98 Å². The van der Waals surface area contributed by atoms with Crippen LogP contribution < -0.4 is 5.32 Å². The molecule has 1 N–H and O–H groups in total. The Morgan fingerprint density at radius 1 is 1.17 bits per heavy atom. The molecular formula is C15H18N2S. The van der Waals surface area contributed by atoms with Crippen LogP contribution in [0.3, 0.4) is 0 Å². The van der Waals surface area contributed by atoms with Gasteiger partial charge in [-0.25, -0.2) is 0 Å². The highest BCUT2D eigenvalue weighted by Gasteiger charge is 2.07. The number of hydrogen-bond acceptors (Lipinski definition) is 3. The molecule has 0 aliphatic rings. The van der Waals surface area contributed by atoms with E-state index >= 15 is 0 Å². The van der Waals surface area contributed by atoms with E-state index in [1.165, 1.54) is 16.1 Å². The third-order valence-electron chi connectivity index (χ3n) is 2.77. The number of rotatable bonds is 5. The van der Waals surface area contributed by atoms with E-state index in [1.54, 1.807) is 0 Å². The van der Waals surface area contributed by atoms with Crippen molar-refractivity contribution in [1.29, 1.82) is 0 Å². The van der Waals surface area contributed by atoms with Crippen LogP contribution in [0, 0.1) is 0 Å². The highest BCUT2D eigenvalue weighted by molar-refractivity contribution is 7.99. The molecule has 1 aromatic heterocycles. The van der Waals surface area contributed by atoms with E-state index in [0.29, 0.717) is 0 Å². The maximum absolute atomic E-state index is 4.05. The minimum absolute atomic E-state index is 0.284. The molecule has 0 radical (unpaired) electrons. The summed E-state index contributed by atoms with van der Waals surface area (Å²) in [5.74, 6) is 1.09. The summed E-state index contributed by atoms with van der Waals surface area (Å²) < 4.78 is 0. The first kappa shape index (κ1) is 13.0. The molecule has 2 nitrogen and oxygen atoms in total. The van der Waals surface area contributed by atoms with E-state index in [-0.39, 0.29) is 6.04 Å². The van der Waals surface area contributed by atoms with Crippen molar-refractivity contribution in [3.05, 3.63) is 54.4 Å². The lowest BCUT2D eigenvalue weighted by molar-refractivity contribution is 0.875. The van der Waals surface area contributed by atoms with Crippen molar-refractivity contribution in [2.24, 2.45) is 0 Å². The zero-order valence-corrected chi connectivity index (χ0v) is 11.6. The van der Waals surface area contributed by atoms with Crippen LogP contribution in [0.25, 0.3) is 0 Å². The summed E-state index contributed by atoms with van der Waals surface area (Å²) in [5.41, 5.74) is 2.45. The molecule has 18 heavy (non-hydrogen) atoms. The second-order valence-electron chi connectivity index (χ2n) is 4.08. The predicted octanol–water partition coefficient (Wildman–Crippen LogP) is 4.37. The van der Waals surface area contributed by atoms with Gasteiger partial charge in [-0.1, -0.05) is 19.1 Å². The number of hydrogen-bond donors (Lipinski definition) is 1. The molecule has 2 rings (SSSR count). The SMILES string of the molecule is CCSc1ccccc1NC(C)c1ccncc1. The number of benzene rings is 1. The minimum atomic E-state index is 0.284. The molecule has 3 heteroatoms. The van der Waals surface area contributed by atoms with Crippen molar-refractivity contribution >= 4 is 17.4 Å². The van der Waals surface area contributed by atoms with Crippen molar-refractivity contribution < 1.29 is 0 Å². The van der Waals surface area contributed by atoms with Crippen molar-refractivity contribution in [3.8, 4) is 0 Å². The summed E-state index contributed by atoms with van der Waals surface area (Å²) in [4.78, 5) is 5.36. The Balaban J connectivity index is 2.14. The van der Waals surface area contributed by atoms with Crippen LogP contribution in [0.2, 0.25) is 0 Å². The first-order chi connectivity index (χ1) is 8.81. The quantitative estimate of drug-likeness (QED) is 0.806. The van der Waals surface area contributed by atoms with Gasteiger partial charge >= 0.3 is 0 Å². The number of nitrogens with zero attached hydrogens (tertiary/aromatic N) is 1. The second kappa shape index (κ2) is 6.45. The van der Waals surface area contributed by atoms with Gasteiger partial charge < -0.3 is 5.32 Å². The van der Waals surface area contributed by atoms with E-state index in [0.717, 1.165) is 5.75 Å². The zero-order valence-electron chi connectivity index (χ0n) is 10.8. The van der Waals surface area contributed by atoms with Crippen LogP contribution in [0.4, 0.5) is 5.69 Å². The number of thioether (sulfide) groups is 1. The second-order valence-corrected chi connectivity index (χ2v) is 5.38. The van der Waals surface area contributed by atoms with Crippen molar-refractivity contribution in [2.75, 3.05) is 11.1 Å². The molecule has 0 aliphatic heterocycles. The maximum atomic E-state index is 4.05. The fourth-order valence-corrected chi connectivity index (χ4v) is 2.60. The lowest BCUT2D eigenvalue weighted by atomic mass is 10.1. The molecule has 0 amide bonds. The lowest BCUT2D eigenvalue weighted by Gasteiger charge is -2.17. The summed E-state index contributed by atoms with van der Waals surface area (Å²) in [5, 5.41) is 3.56. The van der Waals surface area contributed by atoms with Gasteiger partial charge in [0.05, 0.1) is 0 Å². The van der Waals surface area contributed by atoms with Crippen molar-refractivity contribution in [2.45, 2.75) is 24.8 Å². The van der Waals surface area contributed by atoms with Gasteiger partial charge in [-0.3, -0.25) is 4.98 Å². The normalized spacial score (nSPS) is 12.1. The molecule has 0 aliphatic carbocycles. The first-order valence-corrected chi connectivity index (χ1v) is 7.18. The average molecular weight is 258 g/mol. The predicted molar refractivity (Wildman–Crippen MR) is 79.1 cm³/mol. The summed E-state index contributed by atoms with van der Waals surface area (Å²) in [6, 6.07) is 12.8. The Morgan fingerprint density at radius 2 is 1.89 bits per heavy atom. The van der Waals surface area contributed by atoms with Crippen LogP contribution in [-0.2, 0) is 0 Å². The van der Waals surface area contributed by atoms with Crippen LogP contribution >= 0.6 is 11.8 Å². The van der Waals surface area contributed by atoms with Crippen molar-refractivity contribution in [3.63, 3.8) is 0 Å². The molecule has 0 fully saturated rings. The molecule has 0 saturated carbocycles. The first-order valence-electron chi connectivity index (χ1n) is 6.19. The molecular weight excluding hydrogens is 240 g/mol. The van der Waals surface area contributed by atoms with Crippen LogP contribution in [-0.4, -0.2) is 10.7 Å². The summed E-state index contributed by atoms with van der Waals surface area (Å²) >= 11 is 1.86. The van der Waals surface area contributed by atoms with Gasteiger partial charge in [0.25, 0.3) is 0 Å². The molecule has 0 spiro atoms. The number of aromatic nitrogens is 1. The fourth-order valence-electron chi connectivity index (χ4n) is 1.84. The van der Waals surface area contributed by atoms with E-state index < -0.39 is 0 Å². The van der Waals surface area contributed by atoms with Crippen LogP contribution in [0.15, 0.2) is 53.7 Å². The fraction of sp³-hybridized carbons (Fsp3) is 0.267. The van der Waals surface area contributed by atoms with Gasteiger partial charge in [-0.05, 0) is 42.5 Å². The molecule has 0 saturated heterocycles. The molecule has 1 aromatic carbocycles. The Morgan fingerprint density at radius 3 is 2.61 bits per heavy atom. The smallest absolute Gasteiger partial charge is 0.0487 e. The standard InChI is InChI=1S/C15H18N2S/c1-3-18-15-7-5-4-6-14(15)17-12(2)13-8-10-16-11-9-13/h4-12,17H,3H2,1-2H3. The average Bonchev–Trinajstić information content (AvgIpc) is 2.42. The number of para-hydroxylation sites is 1. The maximum Gasteiger partial charge on any atom is 0.0487 e. The molecule has 94 valence electrons. The Kier molecular flexibility index (Phi) is 4.65. The van der Waals surface area contributed by atoms with Gasteiger partial charge in [0.15, 0.2) is 0 Å². The third kappa shape index (κ3) is 3.26. The minimum Gasteiger partial charge on any atom is -0.378 e. The topological polar surface area (TPSA) is 24.9 Å². The Labute approximate surface area is 113 Å². The highest BCUT2D eigenvalue weighted by Crippen LogP contribution is 2.29. The number of anilines is 1. The highest BCUT2D eigenvalue weighted by atomic mass is 32.2. The van der Waals surface area contributed by atoms with Gasteiger partial charge in [0, 0.05) is 29.0 Å². The summed E-state index contributed by atoms with van der Waals surface area (Å²) in [6.45, 7) is 4.34. The summed E-state index contributed by atoms with van der Waals surface area (Å²) in [7, 11) is 0. The van der Waals surface area contributed by atoms with Gasteiger partial charge in [0.1, 0.15) is 0 Å². The Bertz CT molecular complexity index is 485. The van der Waals surface area contributed by atoms with E-state index in [1.807, 2.05) is 36.3 Å². The number of nitrogens with one attached hydrogen (secondary N) is 1. The lowest BCUT2D eigenvalue weighted by Crippen LogP contribution is -2.07. The van der Waals surface area contributed by atoms with Gasteiger partial charge in [-0.2, -0.15) is 0 Å². The molecule has 0 bridgehead atoms. The number of pyridine rings is 1. The van der Waals surface area contributed by atoms with E-state index in [9.17, 15) is 0 Å². The molecule has 1 unspecified atom stereocenters. The molecule has 1 heterocycles. The molecule has 2 aromatic rings. The van der Waals surface area contributed by atoms with Crippen LogP contribution in [0.5, 0.6) is 0 Å².